The first kappa shape index (κ1) is 12.1. The first-order chi connectivity index (χ1) is 8.29. The second-order valence-corrected chi connectivity index (χ2v) is 4.18. The standard InChI is InChI=1S/C11H19N5O/c12-11-13-3-2-10(14-11)16-5-1-4-15(6-7-16)8-9-17/h2-3,17H,1,4-9H2,(H2,12,13,14). The summed E-state index contributed by atoms with van der Waals surface area (Å²) in [5.74, 6) is 1.21. The smallest absolute Gasteiger partial charge is 0.221 e. The molecule has 2 rings (SSSR count). The van der Waals surface area contributed by atoms with Crippen molar-refractivity contribution in [3.8, 4) is 0 Å². The quantitative estimate of drug-likeness (QED) is 0.742. The summed E-state index contributed by atoms with van der Waals surface area (Å²) in [6.07, 6.45) is 2.76. The van der Waals surface area contributed by atoms with Crippen LogP contribution in [0.1, 0.15) is 6.42 Å². The van der Waals surface area contributed by atoms with Crippen molar-refractivity contribution in [2.75, 3.05) is 50.0 Å². The molecule has 0 saturated carbocycles. The summed E-state index contributed by atoms with van der Waals surface area (Å²) >= 11 is 0. The molecule has 94 valence electrons. The van der Waals surface area contributed by atoms with Gasteiger partial charge in [0.05, 0.1) is 6.61 Å². The van der Waals surface area contributed by atoms with Gasteiger partial charge in [0, 0.05) is 32.4 Å². The van der Waals surface area contributed by atoms with Crippen LogP contribution in [0, 0.1) is 0 Å². The number of aromatic nitrogens is 2. The fraction of sp³-hybridized carbons (Fsp3) is 0.636. The molecule has 2 heterocycles. The molecule has 1 aliphatic heterocycles. The molecule has 1 aliphatic rings. The Labute approximate surface area is 101 Å². The Morgan fingerprint density at radius 3 is 2.94 bits per heavy atom. The summed E-state index contributed by atoms with van der Waals surface area (Å²) in [5.41, 5.74) is 5.59. The lowest BCUT2D eigenvalue weighted by atomic mass is 10.4. The molecule has 6 nitrogen and oxygen atoms in total. The zero-order valence-corrected chi connectivity index (χ0v) is 9.92. The van der Waals surface area contributed by atoms with Crippen LogP contribution in [0.5, 0.6) is 0 Å². The monoisotopic (exact) mass is 237 g/mol. The summed E-state index contributed by atoms with van der Waals surface area (Å²) < 4.78 is 0. The zero-order chi connectivity index (χ0) is 12.1. The lowest BCUT2D eigenvalue weighted by Gasteiger charge is -2.22. The van der Waals surface area contributed by atoms with Crippen LogP contribution >= 0.6 is 0 Å². The number of hydrogen-bond acceptors (Lipinski definition) is 6. The Morgan fingerprint density at radius 2 is 2.18 bits per heavy atom. The molecular weight excluding hydrogens is 218 g/mol. The molecule has 0 spiro atoms. The van der Waals surface area contributed by atoms with Crippen molar-refractivity contribution in [2.45, 2.75) is 6.42 Å². The van der Waals surface area contributed by atoms with E-state index in [0.717, 1.165) is 45.0 Å². The Morgan fingerprint density at radius 1 is 1.29 bits per heavy atom. The molecule has 17 heavy (non-hydrogen) atoms. The van der Waals surface area contributed by atoms with E-state index in [1.807, 2.05) is 6.07 Å². The Hall–Kier alpha value is -1.40. The number of nitrogens with zero attached hydrogens (tertiary/aromatic N) is 4. The molecule has 1 saturated heterocycles. The predicted octanol–water partition coefficient (Wildman–Crippen LogP) is -0.437. The van der Waals surface area contributed by atoms with Crippen molar-refractivity contribution >= 4 is 11.8 Å². The third kappa shape index (κ3) is 3.28. The topological polar surface area (TPSA) is 78.5 Å². The number of aliphatic hydroxyl groups excluding tert-OH is 1. The van der Waals surface area contributed by atoms with E-state index in [1.54, 1.807) is 6.20 Å². The molecule has 0 aromatic carbocycles. The minimum absolute atomic E-state index is 0.223. The molecule has 1 fully saturated rings. The molecule has 3 N–H and O–H groups in total. The first-order valence-corrected chi connectivity index (χ1v) is 5.96. The third-order valence-corrected chi connectivity index (χ3v) is 2.99. The van der Waals surface area contributed by atoms with E-state index >= 15 is 0 Å². The van der Waals surface area contributed by atoms with Crippen LogP contribution < -0.4 is 10.6 Å². The van der Waals surface area contributed by atoms with E-state index in [0.29, 0.717) is 5.95 Å². The van der Waals surface area contributed by atoms with Gasteiger partial charge in [-0.2, -0.15) is 4.98 Å². The van der Waals surface area contributed by atoms with Gasteiger partial charge in [0.2, 0.25) is 5.95 Å². The van der Waals surface area contributed by atoms with E-state index in [2.05, 4.69) is 19.8 Å². The summed E-state index contributed by atoms with van der Waals surface area (Å²) in [5, 5.41) is 8.94. The summed E-state index contributed by atoms with van der Waals surface area (Å²) in [4.78, 5) is 12.6. The third-order valence-electron chi connectivity index (χ3n) is 2.99. The van der Waals surface area contributed by atoms with Crippen molar-refractivity contribution in [1.29, 1.82) is 0 Å². The predicted molar refractivity (Wildman–Crippen MR) is 66.8 cm³/mol. The fourth-order valence-corrected chi connectivity index (χ4v) is 2.10. The highest BCUT2D eigenvalue weighted by atomic mass is 16.3. The van der Waals surface area contributed by atoms with Crippen LogP contribution in [0.3, 0.4) is 0 Å². The van der Waals surface area contributed by atoms with Gasteiger partial charge >= 0.3 is 0 Å². The highest BCUT2D eigenvalue weighted by Crippen LogP contribution is 2.13. The number of hydrogen-bond donors (Lipinski definition) is 2. The largest absolute Gasteiger partial charge is 0.395 e. The molecule has 1 aromatic rings. The SMILES string of the molecule is Nc1nccc(N2CCCN(CCO)CC2)n1. The maximum absolute atomic E-state index is 8.94. The van der Waals surface area contributed by atoms with Gasteiger partial charge in [-0.05, 0) is 19.0 Å². The van der Waals surface area contributed by atoms with Crippen molar-refractivity contribution in [2.24, 2.45) is 0 Å². The molecule has 0 unspecified atom stereocenters. The van der Waals surface area contributed by atoms with Crippen molar-refractivity contribution in [3.63, 3.8) is 0 Å². The van der Waals surface area contributed by atoms with Crippen LogP contribution in [-0.2, 0) is 0 Å². The van der Waals surface area contributed by atoms with Crippen LogP contribution in [0.4, 0.5) is 11.8 Å². The van der Waals surface area contributed by atoms with E-state index in [1.165, 1.54) is 0 Å². The number of nitrogens with two attached hydrogens (primary N) is 1. The van der Waals surface area contributed by atoms with Gasteiger partial charge in [-0.15, -0.1) is 0 Å². The number of rotatable bonds is 3. The van der Waals surface area contributed by atoms with Gasteiger partial charge in [-0.3, -0.25) is 4.90 Å². The maximum atomic E-state index is 8.94. The fourth-order valence-electron chi connectivity index (χ4n) is 2.10. The lowest BCUT2D eigenvalue weighted by molar-refractivity contribution is 0.204. The van der Waals surface area contributed by atoms with E-state index < -0.39 is 0 Å². The van der Waals surface area contributed by atoms with Gasteiger partial charge < -0.3 is 15.7 Å². The van der Waals surface area contributed by atoms with Gasteiger partial charge in [-0.1, -0.05) is 0 Å². The van der Waals surface area contributed by atoms with Crippen molar-refractivity contribution in [3.05, 3.63) is 12.3 Å². The highest BCUT2D eigenvalue weighted by Gasteiger charge is 2.15. The summed E-state index contributed by atoms with van der Waals surface area (Å²) in [6.45, 7) is 4.83. The van der Waals surface area contributed by atoms with Gasteiger partial charge in [0.15, 0.2) is 0 Å². The molecule has 0 radical (unpaired) electrons. The molecule has 0 aliphatic carbocycles. The Balaban J connectivity index is 1.99. The van der Waals surface area contributed by atoms with E-state index in [9.17, 15) is 0 Å². The maximum Gasteiger partial charge on any atom is 0.221 e. The lowest BCUT2D eigenvalue weighted by Crippen LogP contribution is -2.32. The van der Waals surface area contributed by atoms with Gasteiger partial charge in [0.25, 0.3) is 0 Å². The average molecular weight is 237 g/mol. The van der Waals surface area contributed by atoms with E-state index in [4.69, 9.17) is 10.8 Å². The number of anilines is 2. The summed E-state index contributed by atoms with van der Waals surface area (Å²) in [6, 6.07) is 1.89. The Bertz CT molecular complexity index is 359. The molecular formula is C11H19N5O. The van der Waals surface area contributed by atoms with Crippen LogP contribution in [0.25, 0.3) is 0 Å². The second-order valence-electron chi connectivity index (χ2n) is 4.18. The number of aliphatic hydroxyl groups is 1. The number of β-amino-alcohol motifs (C(OH)–C–C–N with tert-alkyl or cyclic N) is 1. The first-order valence-electron chi connectivity index (χ1n) is 5.96. The second kappa shape index (κ2) is 5.79. The van der Waals surface area contributed by atoms with Crippen LogP contribution in [0.15, 0.2) is 12.3 Å². The molecule has 0 atom stereocenters. The van der Waals surface area contributed by atoms with Crippen molar-refractivity contribution < 1.29 is 5.11 Å². The van der Waals surface area contributed by atoms with Gasteiger partial charge in [-0.25, -0.2) is 4.98 Å². The van der Waals surface area contributed by atoms with Crippen molar-refractivity contribution in [1.82, 2.24) is 14.9 Å². The minimum atomic E-state index is 0.223. The highest BCUT2D eigenvalue weighted by molar-refractivity contribution is 5.40. The molecule has 1 aromatic heterocycles. The molecule has 0 bridgehead atoms. The van der Waals surface area contributed by atoms with E-state index in [-0.39, 0.29) is 6.61 Å². The molecule has 6 heteroatoms. The zero-order valence-electron chi connectivity index (χ0n) is 9.92. The molecule has 0 amide bonds. The minimum Gasteiger partial charge on any atom is -0.395 e. The Kier molecular flexibility index (Phi) is 4.11. The number of nitrogen functional groups attached to an aromatic ring is 1. The summed E-state index contributed by atoms with van der Waals surface area (Å²) in [7, 11) is 0. The normalized spacial score (nSPS) is 18.1. The average Bonchev–Trinajstić information content (AvgIpc) is 2.55. The van der Waals surface area contributed by atoms with Crippen LogP contribution in [0.2, 0.25) is 0 Å². The van der Waals surface area contributed by atoms with Crippen LogP contribution in [-0.4, -0.2) is 59.3 Å². The van der Waals surface area contributed by atoms with Gasteiger partial charge in [0.1, 0.15) is 5.82 Å².